The minimum atomic E-state index is -0.326. The molecule has 2 aromatic rings. The molecule has 4 heteroatoms. The maximum absolute atomic E-state index is 12.6. The number of carbonyl (C=O) groups excluding carboxylic acids is 1. The van der Waals surface area contributed by atoms with Gasteiger partial charge in [-0.2, -0.15) is 0 Å². The van der Waals surface area contributed by atoms with E-state index in [4.69, 9.17) is 9.73 Å². The maximum atomic E-state index is 12.6. The lowest BCUT2D eigenvalue weighted by Gasteiger charge is -2.20. The number of aryl methyl sites for hydroxylation is 2. The molecule has 1 amide bonds. The first-order valence-electron chi connectivity index (χ1n) is 9.31. The van der Waals surface area contributed by atoms with Crippen molar-refractivity contribution in [1.29, 1.82) is 0 Å². The Morgan fingerprint density at radius 1 is 1.19 bits per heavy atom. The number of aliphatic imine (C=N–C) groups is 1. The molecule has 0 bridgehead atoms. The minimum Gasteiger partial charge on any atom is -0.449 e. The third-order valence-electron chi connectivity index (χ3n) is 4.58. The van der Waals surface area contributed by atoms with Crippen molar-refractivity contribution in [1.82, 2.24) is 4.90 Å². The number of hydrogen-bond acceptors (Lipinski definition) is 3. The molecule has 0 radical (unpaired) electrons. The van der Waals surface area contributed by atoms with Gasteiger partial charge in [-0.15, -0.1) is 0 Å². The van der Waals surface area contributed by atoms with E-state index in [-0.39, 0.29) is 12.1 Å². The van der Waals surface area contributed by atoms with Gasteiger partial charge >= 0.3 is 6.09 Å². The predicted octanol–water partition coefficient (Wildman–Crippen LogP) is 4.91. The Morgan fingerprint density at radius 3 is 2.73 bits per heavy atom. The molecule has 0 aromatic heterocycles. The van der Waals surface area contributed by atoms with Gasteiger partial charge in [0.05, 0.1) is 19.2 Å². The summed E-state index contributed by atoms with van der Waals surface area (Å²) in [4.78, 5) is 19.2. The van der Waals surface area contributed by atoms with Crippen molar-refractivity contribution in [2.75, 3.05) is 13.2 Å². The summed E-state index contributed by atoms with van der Waals surface area (Å²) < 4.78 is 5.29. The number of hydrogen-bond donors (Lipinski definition) is 0. The lowest BCUT2D eigenvalue weighted by Crippen LogP contribution is -2.36. The van der Waals surface area contributed by atoms with Crippen molar-refractivity contribution in [2.24, 2.45) is 4.99 Å². The quantitative estimate of drug-likeness (QED) is 0.769. The number of amidine groups is 1. The standard InChI is InChI=1S/C22H26N2O2/c1-4-9-17-11-6-7-13-19(17)21-23-20(15-24(21)22(25)26-5-2)18-12-8-10-16(3)14-18/h6-8,10-14,20H,4-5,9,15H2,1-3H3. The highest BCUT2D eigenvalue weighted by Crippen LogP contribution is 2.29. The maximum Gasteiger partial charge on any atom is 0.415 e. The molecular weight excluding hydrogens is 324 g/mol. The Kier molecular flexibility index (Phi) is 5.71. The van der Waals surface area contributed by atoms with Gasteiger partial charge in [0, 0.05) is 5.56 Å². The van der Waals surface area contributed by atoms with Crippen LogP contribution in [0.15, 0.2) is 53.5 Å². The second-order valence-electron chi connectivity index (χ2n) is 6.60. The monoisotopic (exact) mass is 350 g/mol. The van der Waals surface area contributed by atoms with Gasteiger partial charge in [0.1, 0.15) is 5.84 Å². The molecule has 4 nitrogen and oxygen atoms in total. The molecule has 0 saturated carbocycles. The lowest BCUT2D eigenvalue weighted by atomic mass is 10.0. The number of amides is 1. The highest BCUT2D eigenvalue weighted by atomic mass is 16.6. The molecule has 0 fully saturated rings. The summed E-state index contributed by atoms with van der Waals surface area (Å²) in [6.07, 6.45) is 1.68. The van der Waals surface area contributed by atoms with Gasteiger partial charge in [0.2, 0.25) is 0 Å². The van der Waals surface area contributed by atoms with E-state index in [1.807, 2.05) is 25.1 Å². The molecule has 26 heavy (non-hydrogen) atoms. The summed E-state index contributed by atoms with van der Waals surface area (Å²) in [7, 11) is 0. The first kappa shape index (κ1) is 18.2. The van der Waals surface area contributed by atoms with Crippen LogP contribution in [0.2, 0.25) is 0 Å². The summed E-state index contributed by atoms with van der Waals surface area (Å²) in [6, 6.07) is 16.5. The van der Waals surface area contributed by atoms with Gasteiger partial charge in [-0.1, -0.05) is 67.4 Å². The van der Waals surface area contributed by atoms with Gasteiger partial charge in [-0.3, -0.25) is 9.89 Å². The summed E-state index contributed by atoms with van der Waals surface area (Å²) in [5.74, 6) is 0.721. The Balaban J connectivity index is 2.02. The van der Waals surface area contributed by atoms with Gasteiger partial charge in [0.15, 0.2) is 0 Å². The highest BCUT2D eigenvalue weighted by Gasteiger charge is 2.33. The van der Waals surface area contributed by atoms with Crippen molar-refractivity contribution in [3.8, 4) is 0 Å². The largest absolute Gasteiger partial charge is 0.449 e. The van der Waals surface area contributed by atoms with Crippen LogP contribution in [0.4, 0.5) is 4.79 Å². The van der Waals surface area contributed by atoms with Crippen LogP contribution in [0.3, 0.4) is 0 Å². The highest BCUT2D eigenvalue weighted by molar-refractivity contribution is 6.08. The van der Waals surface area contributed by atoms with E-state index in [0.717, 1.165) is 29.8 Å². The molecule has 1 unspecified atom stereocenters. The second-order valence-corrected chi connectivity index (χ2v) is 6.60. The molecule has 0 aliphatic carbocycles. The van der Waals surface area contributed by atoms with E-state index in [1.165, 1.54) is 11.1 Å². The Labute approximate surface area is 155 Å². The summed E-state index contributed by atoms with van der Waals surface area (Å²) in [5, 5.41) is 0. The Bertz CT molecular complexity index is 813. The van der Waals surface area contributed by atoms with Crippen LogP contribution in [0.25, 0.3) is 0 Å². The smallest absolute Gasteiger partial charge is 0.415 e. The normalized spacial score (nSPS) is 16.5. The van der Waals surface area contributed by atoms with E-state index < -0.39 is 0 Å². The summed E-state index contributed by atoms with van der Waals surface area (Å²) in [5.41, 5.74) is 4.56. The third-order valence-corrected chi connectivity index (χ3v) is 4.58. The molecule has 3 rings (SSSR count). The zero-order valence-electron chi connectivity index (χ0n) is 15.7. The lowest BCUT2D eigenvalue weighted by molar-refractivity contribution is 0.129. The molecule has 0 N–H and O–H groups in total. The van der Waals surface area contributed by atoms with Crippen molar-refractivity contribution in [3.05, 3.63) is 70.8 Å². The number of carbonyl (C=O) groups is 1. The third kappa shape index (κ3) is 3.79. The molecule has 2 aromatic carbocycles. The fraction of sp³-hybridized carbons (Fsp3) is 0.364. The van der Waals surface area contributed by atoms with Crippen LogP contribution in [0, 0.1) is 6.92 Å². The second kappa shape index (κ2) is 8.17. The van der Waals surface area contributed by atoms with Crippen molar-refractivity contribution in [2.45, 2.75) is 39.7 Å². The molecule has 1 heterocycles. The molecule has 1 atom stereocenters. The first-order chi connectivity index (χ1) is 12.6. The Morgan fingerprint density at radius 2 is 2.00 bits per heavy atom. The number of ether oxygens (including phenoxy) is 1. The minimum absolute atomic E-state index is 0.0658. The zero-order valence-corrected chi connectivity index (χ0v) is 15.7. The van der Waals surface area contributed by atoms with Crippen LogP contribution < -0.4 is 0 Å². The summed E-state index contributed by atoms with van der Waals surface area (Å²) >= 11 is 0. The van der Waals surface area contributed by atoms with E-state index in [0.29, 0.717) is 13.2 Å². The van der Waals surface area contributed by atoms with Crippen LogP contribution in [0.1, 0.15) is 48.6 Å². The van der Waals surface area contributed by atoms with Crippen molar-refractivity contribution < 1.29 is 9.53 Å². The van der Waals surface area contributed by atoms with Crippen molar-refractivity contribution in [3.63, 3.8) is 0 Å². The molecule has 0 spiro atoms. The fourth-order valence-electron chi connectivity index (χ4n) is 3.38. The van der Waals surface area contributed by atoms with E-state index in [1.54, 1.807) is 4.90 Å². The first-order valence-corrected chi connectivity index (χ1v) is 9.31. The van der Waals surface area contributed by atoms with Gasteiger partial charge in [-0.25, -0.2) is 4.79 Å². The van der Waals surface area contributed by atoms with E-state index >= 15 is 0 Å². The van der Waals surface area contributed by atoms with Crippen molar-refractivity contribution >= 4 is 11.9 Å². The number of benzene rings is 2. The van der Waals surface area contributed by atoms with E-state index in [2.05, 4.69) is 44.2 Å². The van der Waals surface area contributed by atoms with Gasteiger partial charge in [0.25, 0.3) is 0 Å². The molecule has 1 aliphatic rings. The number of nitrogens with zero attached hydrogens (tertiary/aromatic N) is 2. The average Bonchev–Trinajstić information content (AvgIpc) is 3.08. The van der Waals surface area contributed by atoms with E-state index in [9.17, 15) is 4.79 Å². The average molecular weight is 350 g/mol. The Hall–Kier alpha value is -2.62. The van der Waals surface area contributed by atoms with Crippen LogP contribution >= 0.6 is 0 Å². The zero-order chi connectivity index (χ0) is 18.5. The summed E-state index contributed by atoms with van der Waals surface area (Å²) in [6.45, 7) is 6.93. The van der Waals surface area contributed by atoms with Crippen LogP contribution in [-0.2, 0) is 11.2 Å². The predicted molar refractivity (Wildman–Crippen MR) is 105 cm³/mol. The van der Waals surface area contributed by atoms with Gasteiger partial charge in [-0.05, 0) is 31.4 Å². The SMILES string of the molecule is CCCc1ccccc1C1=NC(c2cccc(C)c2)CN1C(=O)OCC. The topological polar surface area (TPSA) is 41.9 Å². The molecular formula is C22H26N2O2. The van der Waals surface area contributed by atoms with Crippen LogP contribution in [-0.4, -0.2) is 30.0 Å². The molecule has 0 saturated heterocycles. The van der Waals surface area contributed by atoms with Crippen LogP contribution in [0.5, 0.6) is 0 Å². The fourth-order valence-corrected chi connectivity index (χ4v) is 3.38. The molecule has 1 aliphatic heterocycles. The van der Waals surface area contributed by atoms with Gasteiger partial charge < -0.3 is 4.74 Å². The number of rotatable bonds is 5. The molecule has 136 valence electrons.